The topological polar surface area (TPSA) is 53.6 Å². The second kappa shape index (κ2) is 8.32. The summed E-state index contributed by atoms with van der Waals surface area (Å²) in [5, 5.41) is 6.12. The molecule has 5 nitrogen and oxygen atoms in total. The van der Waals surface area contributed by atoms with E-state index in [1.165, 1.54) is 18.5 Å². The first-order chi connectivity index (χ1) is 12.5. The van der Waals surface area contributed by atoms with Gasteiger partial charge in [-0.1, -0.05) is 18.5 Å². The van der Waals surface area contributed by atoms with Crippen LogP contribution in [0.2, 0.25) is 5.02 Å². The van der Waals surface area contributed by atoms with Crippen molar-refractivity contribution in [1.29, 1.82) is 0 Å². The van der Waals surface area contributed by atoms with Crippen LogP contribution in [0.15, 0.2) is 42.5 Å². The summed E-state index contributed by atoms with van der Waals surface area (Å²) in [4.78, 5) is 14.6. The molecule has 26 heavy (non-hydrogen) atoms. The minimum atomic E-state index is -0.342. The predicted molar refractivity (Wildman–Crippen MR) is 108 cm³/mol. The summed E-state index contributed by atoms with van der Waals surface area (Å²) in [6.45, 7) is 4.48. The van der Waals surface area contributed by atoms with Crippen LogP contribution in [0.25, 0.3) is 0 Å². The maximum absolute atomic E-state index is 12.3. The van der Waals surface area contributed by atoms with Crippen molar-refractivity contribution in [3.63, 3.8) is 0 Å². The highest BCUT2D eigenvalue weighted by atomic mass is 35.5. The van der Waals surface area contributed by atoms with Crippen LogP contribution < -0.4 is 20.3 Å². The normalized spacial score (nSPS) is 14.8. The lowest BCUT2D eigenvalue weighted by Crippen LogP contribution is -2.32. The van der Waals surface area contributed by atoms with E-state index in [1.54, 1.807) is 25.3 Å². The number of urea groups is 1. The number of nitrogens with one attached hydrogen (secondary N) is 2. The van der Waals surface area contributed by atoms with E-state index in [2.05, 4.69) is 22.5 Å². The molecule has 138 valence electrons. The lowest BCUT2D eigenvalue weighted by Gasteiger charge is -2.32. The Morgan fingerprint density at radius 2 is 1.81 bits per heavy atom. The fourth-order valence-electron chi connectivity index (χ4n) is 3.08. The van der Waals surface area contributed by atoms with E-state index in [-0.39, 0.29) is 6.03 Å². The molecule has 2 aromatic rings. The molecule has 0 spiro atoms. The smallest absolute Gasteiger partial charge is 0.323 e. The minimum Gasteiger partial charge on any atom is -0.495 e. The summed E-state index contributed by atoms with van der Waals surface area (Å²) in [7, 11) is 1.55. The lowest BCUT2D eigenvalue weighted by atomic mass is 9.99. The Morgan fingerprint density at radius 1 is 1.12 bits per heavy atom. The van der Waals surface area contributed by atoms with Crippen LogP contribution in [0.3, 0.4) is 0 Å². The third-order valence-electron chi connectivity index (χ3n) is 4.68. The molecular weight excluding hydrogens is 350 g/mol. The third-order valence-corrected chi connectivity index (χ3v) is 4.92. The molecule has 1 fully saturated rings. The van der Waals surface area contributed by atoms with Crippen LogP contribution in [0.1, 0.15) is 19.8 Å². The molecule has 1 heterocycles. The number of carbonyl (C=O) groups excluding carboxylic acids is 1. The first-order valence-corrected chi connectivity index (χ1v) is 9.19. The summed E-state index contributed by atoms with van der Waals surface area (Å²) < 4.78 is 5.24. The number of methoxy groups -OCH3 is 1. The first kappa shape index (κ1) is 18.4. The Morgan fingerprint density at radius 3 is 2.46 bits per heavy atom. The van der Waals surface area contributed by atoms with E-state index >= 15 is 0 Å². The number of amides is 2. The van der Waals surface area contributed by atoms with Gasteiger partial charge in [-0.3, -0.25) is 0 Å². The molecule has 2 amide bonds. The maximum atomic E-state index is 12.3. The Labute approximate surface area is 159 Å². The summed E-state index contributed by atoms with van der Waals surface area (Å²) in [5.41, 5.74) is 2.45. The highest BCUT2D eigenvalue weighted by Crippen LogP contribution is 2.28. The molecule has 0 aromatic heterocycles. The average Bonchev–Trinajstić information content (AvgIpc) is 2.63. The van der Waals surface area contributed by atoms with Crippen molar-refractivity contribution in [3.8, 4) is 5.75 Å². The Bertz CT molecular complexity index is 756. The van der Waals surface area contributed by atoms with Crippen LogP contribution in [0.5, 0.6) is 5.75 Å². The van der Waals surface area contributed by atoms with E-state index in [1.807, 2.05) is 24.3 Å². The molecular formula is C20H24ClN3O2. The second-order valence-corrected chi connectivity index (χ2v) is 7.08. The monoisotopic (exact) mass is 373 g/mol. The van der Waals surface area contributed by atoms with Gasteiger partial charge in [0.25, 0.3) is 0 Å². The van der Waals surface area contributed by atoms with Crippen molar-refractivity contribution in [3.05, 3.63) is 47.5 Å². The SMILES string of the molecule is COc1ccc(Cl)cc1NC(=O)Nc1ccc(N2CCC(C)CC2)cc1. The van der Waals surface area contributed by atoms with Gasteiger partial charge in [0.1, 0.15) is 5.75 Å². The van der Waals surface area contributed by atoms with Gasteiger partial charge in [-0.05, 0) is 61.2 Å². The maximum Gasteiger partial charge on any atom is 0.323 e. The summed E-state index contributed by atoms with van der Waals surface area (Å²) >= 11 is 5.99. The molecule has 6 heteroatoms. The number of piperidine rings is 1. The van der Waals surface area contributed by atoms with E-state index in [0.29, 0.717) is 16.5 Å². The molecule has 1 aliphatic rings. The Balaban J connectivity index is 1.60. The van der Waals surface area contributed by atoms with Gasteiger partial charge in [-0.25, -0.2) is 4.79 Å². The van der Waals surface area contributed by atoms with Crippen LogP contribution in [-0.2, 0) is 0 Å². The summed E-state index contributed by atoms with van der Waals surface area (Å²) in [5.74, 6) is 1.36. The highest BCUT2D eigenvalue weighted by molar-refractivity contribution is 6.31. The molecule has 0 bridgehead atoms. The number of hydrogen-bond donors (Lipinski definition) is 2. The van der Waals surface area contributed by atoms with Gasteiger partial charge in [0.2, 0.25) is 0 Å². The van der Waals surface area contributed by atoms with Crippen molar-refractivity contribution in [2.75, 3.05) is 35.7 Å². The van der Waals surface area contributed by atoms with Crippen LogP contribution in [-0.4, -0.2) is 26.2 Å². The number of hydrogen-bond acceptors (Lipinski definition) is 3. The summed E-state index contributed by atoms with van der Waals surface area (Å²) in [6.07, 6.45) is 2.45. The van der Waals surface area contributed by atoms with Crippen molar-refractivity contribution >= 4 is 34.7 Å². The second-order valence-electron chi connectivity index (χ2n) is 6.64. The van der Waals surface area contributed by atoms with Crippen molar-refractivity contribution in [2.45, 2.75) is 19.8 Å². The van der Waals surface area contributed by atoms with Crippen LogP contribution in [0, 0.1) is 5.92 Å². The molecule has 3 rings (SSSR count). The Kier molecular flexibility index (Phi) is 5.89. The van der Waals surface area contributed by atoms with E-state index in [0.717, 1.165) is 24.7 Å². The van der Waals surface area contributed by atoms with Gasteiger partial charge in [-0.2, -0.15) is 0 Å². The zero-order valence-corrected chi connectivity index (χ0v) is 15.8. The first-order valence-electron chi connectivity index (χ1n) is 8.81. The largest absolute Gasteiger partial charge is 0.495 e. The van der Waals surface area contributed by atoms with Gasteiger partial charge < -0.3 is 20.3 Å². The number of benzene rings is 2. The standard InChI is InChI=1S/C20H24ClN3O2/c1-14-9-11-24(12-10-14)17-6-4-16(5-7-17)22-20(25)23-18-13-15(21)3-8-19(18)26-2/h3-8,13-14H,9-12H2,1-2H3,(H2,22,23,25). The van der Waals surface area contributed by atoms with Crippen LogP contribution >= 0.6 is 11.6 Å². The third kappa shape index (κ3) is 4.61. The average molecular weight is 374 g/mol. The fourth-order valence-corrected chi connectivity index (χ4v) is 3.26. The molecule has 0 unspecified atom stereocenters. The Hall–Kier alpha value is -2.40. The molecule has 1 saturated heterocycles. The summed E-state index contributed by atoms with van der Waals surface area (Å²) in [6, 6.07) is 12.7. The van der Waals surface area contributed by atoms with Crippen molar-refractivity contribution in [1.82, 2.24) is 0 Å². The zero-order valence-electron chi connectivity index (χ0n) is 15.1. The van der Waals surface area contributed by atoms with Crippen molar-refractivity contribution in [2.24, 2.45) is 5.92 Å². The van der Waals surface area contributed by atoms with Gasteiger partial charge >= 0.3 is 6.03 Å². The zero-order chi connectivity index (χ0) is 18.5. The number of nitrogens with zero attached hydrogens (tertiary/aromatic N) is 1. The number of ether oxygens (including phenoxy) is 1. The highest BCUT2D eigenvalue weighted by Gasteiger charge is 2.16. The van der Waals surface area contributed by atoms with Crippen LogP contribution in [0.4, 0.5) is 21.9 Å². The quantitative estimate of drug-likeness (QED) is 0.771. The van der Waals surface area contributed by atoms with E-state index in [9.17, 15) is 4.79 Å². The molecule has 1 aliphatic heterocycles. The fraction of sp³-hybridized carbons (Fsp3) is 0.350. The minimum absolute atomic E-state index is 0.342. The van der Waals surface area contributed by atoms with Gasteiger partial charge in [0, 0.05) is 29.5 Å². The van der Waals surface area contributed by atoms with Gasteiger partial charge in [0.05, 0.1) is 12.8 Å². The van der Waals surface area contributed by atoms with E-state index < -0.39 is 0 Å². The molecule has 2 aromatic carbocycles. The number of anilines is 3. The molecule has 0 aliphatic carbocycles. The number of halogens is 1. The predicted octanol–water partition coefficient (Wildman–Crippen LogP) is 5.23. The molecule has 0 saturated carbocycles. The van der Waals surface area contributed by atoms with E-state index in [4.69, 9.17) is 16.3 Å². The molecule has 0 atom stereocenters. The van der Waals surface area contributed by atoms with Crippen molar-refractivity contribution < 1.29 is 9.53 Å². The van der Waals surface area contributed by atoms with Gasteiger partial charge in [0.15, 0.2) is 0 Å². The molecule has 0 radical (unpaired) electrons. The molecule has 2 N–H and O–H groups in total. The number of carbonyl (C=O) groups is 1. The lowest BCUT2D eigenvalue weighted by molar-refractivity contribution is 0.262. The number of rotatable bonds is 4. The van der Waals surface area contributed by atoms with Gasteiger partial charge in [-0.15, -0.1) is 0 Å².